The van der Waals surface area contributed by atoms with Gasteiger partial charge in [0.2, 0.25) is 0 Å². The van der Waals surface area contributed by atoms with E-state index in [2.05, 4.69) is 234 Å². The van der Waals surface area contributed by atoms with Crippen LogP contribution in [0.5, 0.6) is 0 Å². The Bertz CT molecular complexity index is 3190. The molecule has 0 bridgehead atoms. The summed E-state index contributed by atoms with van der Waals surface area (Å²) in [5.41, 5.74) is 22.5. The maximum absolute atomic E-state index is 2.61. The monoisotopic (exact) mass is 820 g/mol. The highest BCUT2D eigenvalue weighted by atomic mass is 15.2. The normalized spacial score (nSPS) is 19.5. The first kappa shape index (κ1) is 37.2. The molecule has 64 heavy (non-hydrogen) atoms. The molecular formula is C62H48N2. The van der Waals surface area contributed by atoms with E-state index in [1.54, 1.807) is 0 Å². The highest BCUT2D eigenvalue weighted by Gasteiger charge is 2.62. The Morgan fingerprint density at radius 1 is 0.359 bits per heavy atom. The molecule has 4 unspecified atom stereocenters. The molecule has 2 nitrogen and oxygen atoms in total. The van der Waals surface area contributed by atoms with E-state index in [0.717, 1.165) is 12.8 Å². The Balaban J connectivity index is 1.03. The van der Waals surface area contributed by atoms with Crippen molar-refractivity contribution in [3.63, 3.8) is 0 Å². The van der Waals surface area contributed by atoms with Crippen molar-refractivity contribution < 1.29 is 0 Å². The van der Waals surface area contributed by atoms with E-state index >= 15 is 0 Å². The molecule has 4 aliphatic rings. The Morgan fingerprint density at radius 2 is 0.844 bits per heavy atom. The van der Waals surface area contributed by atoms with Gasteiger partial charge in [-0.25, -0.2) is 0 Å². The minimum atomic E-state index is -0.144. The Hall–Kier alpha value is -7.42. The molecule has 306 valence electrons. The maximum Gasteiger partial charge on any atom is 0.0505 e. The van der Waals surface area contributed by atoms with Crippen LogP contribution in [0.1, 0.15) is 57.7 Å². The summed E-state index contributed by atoms with van der Waals surface area (Å²) in [6.07, 6.45) is 4.67. The van der Waals surface area contributed by atoms with Crippen LogP contribution in [0, 0.1) is 11.8 Å². The van der Waals surface area contributed by atoms with Crippen molar-refractivity contribution in [1.82, 2.24) is 0 Å². The molecule has 0 saturated heterocycles. The van der Waals surface area contributed by atoms with Gasteiger partial charge in [-0.2, -0.15) is 0 Å². The number of fused-ring (bicyclic) bond motifs is 5. The summed E-state index contributed by atoms with van der Waals surface area (Å²) >= 11 is 0. The van der Waals surface area contributed by atoms with Crippen LogP contribution in [0.3, 0.4) is 0 Å². The second-order valence-corrected chi connectivity index (χ2v) is 18.3. The SMILES string of the molecule is c1ccc(-c2cccc(N(c3ccccc3)c3cccc4c3C35c6c(cccc6N(c6ccccc6)c6ccc7c(c6)C(c6ccccc6)c6ccccc6-7)CC3CCC5C4)c2)cc1. The molecule has 13 rings (SSSR count). The highest BCUT2D eigenvalue weighted by molar-refractivity contribution is 5.89. The van der Waals surface area contributed by atoms with Crippen molar-refractivity contribution in [1.29, 1.82) is 0 Å². The van der Waals surface area contributed by atoms with E-state index in [-0.39, 0.29) is 11.3 Å². The van der Waals surface area contributed by atoms with E-state index in [4.69, 9.17) is 0 Å². The largest absolute Gasteiger partial charge is 0.310 e. The predicted octanol–water partition coefficient (Wildman–Crippen LogP) is 15.9. The minimum absolute atomic E-state index is 0.144. The first-order valence-electron chi connectivity index (χ1n) is 23.1. The molecule has 4 aliphatic carbocycles. The number of para-hydroxylation sites is 2. The van der Waals surface area contributed by atoms with Gasteiger partial charge < -0.3 is 9.80 Å². The summed E-state index contributed by atoms with van der Waals surface area (Å²) in [6, 6.07) is 84.0. The Morgan fingerprint density at radius 3 is 1.47 bits per heavy atom. The van der Waals surface area contributed by atoms with Gasteiger partial charge in [-0.1, -0.05) is 164 Å². The molecule has 0 heterocycles. The van der Waals surface area contributed by atoms with Crippen molar-refractivity contribution in [2.75, 3.05) is 9.80 Å². The van der Waals surface area contributed by atoms with Gasteiger partial charge in [0.15, 0.2) is 0 Å². The molecule has 0 aliphatic heterocycles. The van der Waals surface area contributed by atoms with Gasteiger partial charge in [0, 0.05) is 34.1 Å². The number of nitrogens with zero attached hydrogens (tertiary/aromatic N) is 2. The molecule has 0 amide bonds. The lowest BCUT2D eigenvalue weighted by molar-refractivity contribution is 0.350. The fourth-order valence-electron chi connectivity index (χ4n) is 12.8. The first-order valence-corrected chi connectivity index (χ1v) is 23.1. The molecule has 9 aromatic carbocycles. The zero-order valence-corrected chi connectivity index (χ0v) is 35.8. The number of anilines is 6. The molecule has 0 radical (unpaired) electrons. The summed E-state index contributed by atoms with van der Waals surface area (Å²) in [6.45, 7) is 0. The maximum atomic E-state index is 2.61. The number of hydrogen-bond donors (Lipinski definition) is 0. The minimum Gasteiger partial charge on any atom is -0.310 e. The molecule has 0 aromatic heterocycles. The summed E-state index contributed by atoms with van der Waals surface area (Å²) in [5.74, 6) is 1.19. The van der Waals surface area contributed by atoms with Gasteiger partial charge in [0.1, 0.15) is 0 Å². The lowest BCUT2D eigenvalue weighted by Gasteiger charge is -2.40. The van der Waals surface area contributed by atoms with Crippen molar-refractivity contribution in [3.8, 4) is 22.3 Å². The molecule has 9 aromatic rings. The van der Waals surface area contributed by atoms with E-state index in [9.17, 15) is 0 Å². The topological polar surface area (TPSA) is 6.48 Å². The standard InChI is InChI=1S/C62H48N2/c1-5-18-42(19-6-1)44-22-15-29-51(40-44)63(49-25-9-3-10-26-49)57-32-16-23-45-38-47-34-35-48-39-46-24-17-33-58(61(46)62(47,48)60(45)57)64(50-27-11-4-12-28-50)52-36-37-54-53-30-13-14-31-55(53)59(56(54)41-52)43-20-7-2-8-21-43/h1-33,36-37,40-41,47-48,59H,34-35,38-39H2. The van der Waals surface area contributed by atoms with E-state index in [0.29, 0.717) is 11.8 Å². The van der Waals surface area contributed by atoms with Crippen LogP contribution in [0.2, 0.25) is 0 Å². The van der Waals surface area contributed by atoms with Gasteiger partial charge >= 0.3 is 0 Å². The summed E-state index contributed by atoms with van der Waals surface area (Å²) in [4.78, 5) is 5.17. The Kier molecular flexibility index (Phi) is 8.62. The highest BCUT2D eigenvalue weighted by Crippen LogP contribution is 2.69. The van der Waals surface area contributed by atoms with E-state index < -0.39 is 0 Å². The second kappa shape index (κ2) is 14.9. The Labute approximate surface area is 376 Å². The zero-order valence-electron chi connectivity index (χ0n) is 35.8. The van der Waals surface area contributed by atoms with Gasteiger partial charge in [0.25, 0.3) is 0 Å². The summed E-state index contributed by atoms with van der Waals surface area (Å²) < 4.78 is 0. The average Bonchev–Trinajstić information content (AvgIpc) is 4.08. The molecule has 4 atom stereocenters. The molecular weight excluding hydrogens is 773 g/mol. The number of rotatable bonds is 8. The second-order valence-electron chi connectivity index (χ2n) is 18.3. The van der Waals surface area contributed by atoms with Crippen molar-refractivity contribution in [2.24, 2.45) is 11.8 Å². The van der Waals surface area contributed by atoms with Crippen molar-refractivity contribution in [3.05, 3.63) is 263 Å². The van der Waals surface area contributed by atoms with Crippen molar-refractivity contribution in [2.45, 2.75) is 37.0 Å². The van der Waals surface area contributed by atoms with Gasteiger partial charge in [-0.05, 0) is 159 Å². The number of hydrogen-bond acceptors (Lipinski definition) is 2. The molecule has 0 N–H and O–H groups in total. The van der Waals surface area contributed by atoms with Crippen LogP contribution in [0.25, 0.3) is 22.3 Å². The zero-order chi connectivity index (χ0) is 42.2. The third-order valence-electron chi connectivity index (χ3n) is 15.2. The van der Waals surface area contributed by atoms with Crippen molar-refractivity contribution >= 4 is 34.1 Å². The third kappa shape index (κ3) is 5.58. The average molecular weight is 821 g/mol. The van der Waals surface area contributed by atoms with Crippen LogP contribution in [0.15, 0.2) is 224 Å². The summed E-state index contributed by atoms with van der Waals surface area (Å²) in [5, 5.41) is 0. The molecule has 1 saturated carbocycles. The molecule has 1 spiro atoms. The predicted molar refractivity (Wildman–Crippen MR) is 265 cm³/mol. The van der Waals surface area contributed by atoms with Gasteiger partial charge in [-0.3, -0.25) is 0 Å². The van der Waals surface area contributed by atoms with Crippen LogP contribution >= 0.6 is 0 Å². The van der Waals surface area contributed by atoms with Gasteiger partial charge in [-0.15, -0.1) is 0 Å². The van der Waals surface area contributed by atoms with Gasteiger partial charge in [0.05, 0.1) is 11.4 Å². The van der Waals surface area contributed by atoms with E-state index in [1.807, 2.05) is 0 Å². The fraction of sp³-hybridized carbons (Fsp3) is 0.129. The molecule has 1 fully saturated rings. The fourth-order valence-corrected chi connectivity index (χ4v) is 12.8. The number of benzene rings is 9. The summed E-state index contributed by atoms with van der Waals surface area (Å²) in [7, 11) is 0. The smallest absolute Gasteiger partial charge is 0.0505 e. The van der Waals surface area contributed by atoms with Crippen LogP contribution in [0.4, 0.5) is 34.1 Å². The van der Waals surface area contributed by atoms with Crippen LogP contribution < -0.4 is 9.80 Å². The van der Waals surface area contributed by atoms with Crippen LogP contribution in [-0.4, -0.2) is 0 Å². The quantitative estimate of drug-likeness (QED) is 0.151. The first-order chi connectivity index (χ1) is 31.8. The lowest BCUT2D eigenvalue weighted by Crippen LogP contribution is -2.34. The third-order valence-corrected chi connectivity index (χ3v) is 15.2. The van der Waals surface area contributed by atoms with E-state index in [1.165, 1.54) is 108 Å². The van der Waals surface area contributed by atoms with Crippen LogP contribution in [-0.2, 0) is 18.3 Å². The lowest BCUT2D eigenvalue weighted by atomic mass is 9.68. The molecule has 2 heteroatoms.